The molecule has 1 aromatic carbocycles. The normalized spacial score (nSPS) is 12.0. The number of hydrogen-bond donors (Lipinski definition) is 4. The first-order valence-corrected chi connectivity index (χ1v) is 7.66. The Bertz CT molecular complexity index is 720. The summed E-state index contributed by atoms with van der Waals surface area (Å²) in [6, 6.07) is 6.73. The highest BCUT2D eigenvalue weighted by atomic mass is 16.2. The fourth-order valence-corrected chi connectivity index (χ4v) is 2.25. The van der Waals surface area contributed by atoms with Crippen molar-refractivity contribution in [3.05, 3.63) is 30.1 Å². The summed E-state index contributed by atoms with van der Waals surface area (Å²) >= 11 is 0. The number of aromatic amines is 1. The highest BCUT2D eigenvalue weighted by Crippen LogP contribution is 2.10. The predicted molar refractivity (Wildman–Crippen MR) is 88.5 cm³/mol. The second kappa shape index (κ2) is 7.58. The quantitative estimate of drug-likeness (QED) is 0.594. The van der Waals surface area contributed by atoms with Gasteiger partial charge in [-0.1, -0.05) is 26.0 Å². The molecular weight excluding hydrogens is 310 g/mol. The zero-order chi connectivity index (χ0) is 17.7. The molecule has 8 nitrogen and oxygen atoms in total. The standard InChI is InChI=1S/C16H21N5O3/c1-9(2)15(17-10(3)22)16(24)21-20-14(23)8-13-18-11-6-4-5-7-12(11)19-13/h4-7,9,15H,8H2,1-3H3,(H,17,22)(H,18,19)(H,20,23)(H,21,24)/t15-/m0/s1. The molecule has 0 saturated heterocycles. The highest BCUT2D eigenvalue weighted by molar-refractivity contribution is 5.89. The number of benzene rings is 1. The van der Waals surface area contributed by atoms with E-state index in [9.17, 15) is 14.4 Å². The average molecular weight is 331 g/mol. The molecule has 0 fully saturated rings. The summed E-state index contributed by atoms with van der Waals surface area (Å²) in [6.45, 7) is 4.94. The van der Waals surface area contributed by atoms with Crippen molar-refractivity contribution in [3.63, 3.8) is 0 Å². The zero-order valence-electron chi connectivity index (χ0n) is 13.8. The van der Waals surface area contributed by atoms with Crippen LogP contribution >= 0.6 is 0 Å². The fraction of sp³-hybridized carbons (Fsp3) is 0.375. The van der Waals surface area contributed by atoms with E-state index in [0.29, 0.717) is 5.82 Å². The van der Waals surface area contributed by atoms with Gasteiger partial charge in [-0.15, -0.1) is 0 Å². The number of H-pyrrole nitrogens is 1. The van der Waals surface area contributed by atoms with Gasteiger partial charge in [0.1, 0.15) is 11.9 Å². The molecule has 0 spiro atoms. The van der Waals surface area contributed by atoms with Gasteiger partial charge in [-0.05, 0) is 18.1 Å². The molecule has 0 bridgehead atoms. The number of hydrazine groups is 1. The third kappa shape index (κ3) is 4.55. The van der Waals surface area contributed by atoms with Crippen molar-refractivity contribution in [1.29, 1.82) is 0 Å². The lowest BCUT2D eigenvalue weighted by atomic mass is 10.0. The molecule has 0 aliphatic heterocycles. The smallest absolute Gasteiger partial charge is 0.261 e. The van der Waals surface area contributed by atoms with Gasteiger partial charge in [-0.25, -0.2) is 4.98 Å². The van der Waals surface area contributed by atoms with E-state index < -0.39 is 17.9 Å². The first-order chi connectivity index (χ1) is 11.4. The molecule has 24 heavy (non-hydrogen) atoms. The SMILES string of the molecule is CC(=O)N[C@H](C(=O)NNC(=O)Cc1nc2ccccc2[nH]1)C(C)C. The third-order valence-corrected chi connectivity index (χ3v) is 3.40. The summed E-state index contributed by atoms with van der Waals surface area (Å²) in [5.41, 5.74) is 6.28. The molecule has 1 atom stereocenters. The monoisotopic (exact) mass is 331 g/mol. The number of carbonyl (C=O) groups excluding carboxylic acids is 3. The lowest BCUT2D eigenvalue weighted by Gasteiger charge is -2.20. The fourth-order valence-electron chi connectivity index (χ4n) is 2.25. The van der Waals surface area contributed by atoms with E-state index >= 15 is 0 Å². The third-order valence-electron chi connectivity index (χ3n) is 3.40. The largest absolute Gasteiger partial charge is 0.344 e. The van der Waals surface area contributed by atoms with Crippen LogP contribution in [0.1, 0.15) is 26.6 Å². The molecule has 2 aromatic rings. The topological polar surface area (TPSA) is 116 Å². The molecule has 0 radical (unpaired) electrons. The summed E-state index contributed by atoms with van der Waals surface area (Å²) in [4.78, 5) is 42.5. The Balaban J connectivity index is 1.89. The minimum absolute atomic E-state index is 0.00143. The maximum absolute atomic E-state index is 12.1. The van der Waals surface area contributed by atoms with Gasteiger partial charge in [0.25, 0.3) is 5.91 Å². The van der Waals surface area contributed by atoms with E-state index in [-0.39, 0.29) is 18.2 Å². The van der Waals surface area contributed by atoms with Gasteiger partial charge in [0, 0.05) is 6.92 Å². The Hall–Kier alpha value is -2.90. The number of carbonyl (C=O) groups is 3. The first-order valence-electron chi connectivity index (χ1n) is 7.66. The van der Waals surface area contributed by atoms with E-state index in [1.807, 2.05) is 24.3 Å². The number of fused-ring (bicyclic) bond motifs is 1. The number of para-hydroxylation sites is 2. The van der Waals surface area contributed by atoms with Crippen molar-refractivity contribution in [2.45, 2.75) is 33.2 Å². The number of amides is 3. The van der Waals surface area contributed by atoms with E-state index in [4.69, 9.17) is 0 Å². The Kier molecular flexibility index (Phi) is 5.51. The van der Waals surface area contributed by atoms with Crippen LogP contribution in [0, 0.1) is 5.92 Å². The summed E-state index contributed by atoms with van der Waals surface area (Å²) in [5.74, 6) is -0.797. The Morgan fingerprint density at radius 3 is 2.50 bits per heavy atom. The summed E-state index contributed by atoms with van der Waals surface area (Å²) < 4.78 is 0. The lowest BCUT2D eigenvalue weighted by molar-refractivity contribution is -0.132. The van der Waals surface area contributed by atoms with Gasteiger partial charge in [0.2, 0.25) is 11.8 Å². The Morgan fingerprint density at radius 2 is 1.88 bits per heavy atom. The van der Waals surface area contributed by atoms with Gasteiger partial charge >= 0.3 is 0 Å². The number of nitrogens with zero attached hydrogens (tertiary/aromatic N) is 1. The van der Waals surface area contributed by atoms with Gasteiger partial charge in [0.05, 0.1) is 17.5 Å². The first kappa shape index (κ1) is 17.5. The minimum Gasteiger partial charge on any atom is -0.344 e. The van der Waals surface area contributed by atoms with Crippen molar-refractivity contribution in [1.82, 2.24) is 26.1 Å². The van der Waals surface area contributed by atoms with Crippen LogP contribution in [0.5, 0.6) is 0 Å². The van der Waals surface area contributed by atoms with Crippen molar-refractivity contribution >= 4 is 28.8 Å². The maximum Gasteiger partial charge on any atom is 0.261 e. The molecule has 1 aromatic heterocycles. The highest BCUT2D eigenvalue weighted by Gasteiger charge is 2.23. The van der Waals surface area contributed by atoms with Crippen LogP contribution in [-0.4, -0.2) is 33.7 Å². The number of nitrogens with one attached hydrogen (secondary N) is 4. The molecule has 0 aliphatic carbocycles. The van der Waals surface area contributed by atoms with E-state index in [1.54, 1.807) is 13.8 Å². The van der Waals surface area contributed by atoms with Gasteiger partial charge in [-0.3, -0.25) is 25.2 Å². The summed E-state index contributed by atoms with van der Waals surface area (Å²) in [7, 11) is 0. The zero-order valence-corrected chi connectivity index (χ0v) is 13.8. The molecular formula is C16H21N5O3. The summed E-state index contributed by atoms with van der Waals surface area (Å²) in [5, 5.41) is 2.55. The van der Waals surface area contributed by atoms with E-state index in [0.717, 1.165) is 11.0 Å². The van der Waals surface area contributed by atoms with Crippen molar-refractivity contribution in [3.8, 4) is 0 Å². The molecule has 1 heterocycles. The minimum atomic E-state index is -0.714. The van der Waals surface area contributed by atoms with Crippen LogP contribution in [0.2, 0.25) is 0 Å². The van der Waals surface area contributed by atoms with Gasteiger partial charge < -0.3 is 10.3 Å². The molecule has 0 aliphatic rings. The van der Waals surface area contributed by atoms with Crippen LogP contribution < -0.4 is 16.2 Å². The number of aromatic nitrogens is 2. The van der Waals surface area contributed by atoms with Crippen LogP contribution in [0.3, 0.4) is 0 Å². The number of rotatable bonds is 5. The second-order valence-corrected chi connectivity index (χ2v) is 5.84. The van der Waals surface area contributed by atoms with Crippen molar-refractivity contribution in [2.24, 2.45) is 5.92 Å². The number of imidazole rings is 1. The lowest BCUT2D eigenvalue weighted by Crippen LogP contribution is -2.54. The van der Waals surface area contributed by atoms with Crippen molar-refractivity contribution in [2.75, 3.05) is 0 Å². The molecule has 0 unspecified atom stereocenters. The van der Waals surface area contributed by atoms with Crippen LogP contribution in [0.15, 0.2) is 24.3 Å². The van der Waals surface area contributed by atoms with Crippen molar-refractivity contribution < 1.29 is 14.4 Å². The van der Waals surface area contributed by atoms with E-state index in [2.05, 4.69) is 26.1 Å². The molecule has 3 amide bonds. The van der Waals surface area contributed by atoms with Gasteiger partial charge in [0.15, 0.2) is 0 Å². The summed E-state index contributed by atoms with van der Waals surface area (Å²) in [6.07, 6.45) is 0.00143. The molecule has 8 heteroatoms. The van der Waals surface area contributed by atoms with Gasteiger partial charge in [-0.2, -0.15) is 0 Å². The van der Waals surface area contributed by atoms with Crippen LogP contribution in [-0.2, 0) is 20.8 Å². The predicted octanol–water partition coefficient (Wildman–Crippen LogP) is 0.414. The maximum atomic E-state index is 12.1. The molecule has 128 valence electrons. The van der Waals surface area contributed by atoms with Crippen LogP contribution in [0.25, 0.3) is 11.0 Å². The molecule has 0 saturated carbocycles. The van der Waals surface area contributed by atoms with E-state index in [1.165, 1.54) is 6.92 Å². The number of hydrogen-bond acceptors (Lipinski definition) is 4. The second-order valence-electron chi connectivity index (χ2n) is 5.84. The molecule has 2 rings (SSSR count). The molecule has 4 N–H and O–H groups in total. The van der Waals surface area contributed by atoms with Crippen LogP contribution in [0.4, 0.5) is 0 Å². The Morgan fingerprint density at radius 1 is 1.17 bits per heavy atom. The average Bonchev–Trinajstić information content (AvgIpc) is 2.91. The Labute approximate surface area is 139 Å².